The van der Waals surface area contributed by atoms with E-state index in [1.165, 1.54) is 0 Å². The molecule has 1 aliphatic rings. The fourth-order valence-corrected chi connectivity index (χ4v) is 2.03. The van der Waals surface area contributed by atoms with Gasteiger partial charge in [-0.2, -0.15) is 0 Å². The summed E-state index contributed by atoms with van der Waals surface area (Å²) in [5, 5.41) is 0.653. The second kappa shape index (κ2) is 4.19. The lowest BCUT2D eigenvalue weighted by molar-refractivity contribution is -0.279. The van der Waals surface area contributed by atoms with Crippen molar-refractivity contribution in [3.63, 3.8) is 0 Å². The summed E-state index contributed by atoms with van der Waals surface area (Å²) in [7, 11) is 1.54. The van der Waals surface area contributed by atoms with Gasteiger partial charge in [-0.25, -0.2) is 0 Å². The third-order valence-corrected chi connectivity index (χ3v) is 3.06. The summed E-state index contributed by atoms with van der Waals surface area (Å²) in [6.07, 6.45) is 0. The monoisotopic (exact) mass is 262 g/mol. The van der Waals surface area contributed by atoms with Gasteiger partial charge in [-0.3, -0.25) is 0 Å². The minimum Gasteiger partial charge on any atom is -0.422 e. The zero-order valence-electron chi connectivity index (χ0n) is 9.72. The van der Waals surface area contributed by atoms with Crippen molar-refractivity contribution in [2.75, 3.05) is 7.11 Å². The van der Waals surface area contributed by atoms with Gasteiger partial charge in [0.15, 0.2) is 11.5 Å². The molecule has 0 saturated carbocycles. The van der Waals surface area contributed by atoms with E-state index in [0.717, 1.165) is 5.56 Å². The lowest BCUT2D eigenvalue weighted by Gasteiger charge is -2.25. The normalized spacial score (nSPS) is 15.7. The SMILES string of the molecule is COC1(c2ccc(Cl)cc2)Oc2ccccc2O1. The Labute approximate surface area is 110 Å². The summed E-state index contributed by atoms with van der Waals surface area (Å²) >= 11 is 5.87. The quantitative estimate of drug-likeness (QED) is 0.828. The molecule has 1 heterocycles. The maximum atomic E-state index is 5.87. The second-order valence-corrected chi connectivity index (χ2v) is 4.35. The van der Waals surface area contributed by atoms with E-state index in [1.807, 2.05) is 36.4 Å². The summed E-state index contributed by atoms with van der Waals surface area (Å²) in [6, 6.07) is 14.6. The predicted octanol–water partition coefficient (Wildman–Crippen LogP) is 3.57. The molecule has 0 N–H and O–H groups in total. The van der Waals surface area contributed by atoms with E-state index in [9.17, 15) is 0 Å². The van der Waals surface area contributed by atoms with Crippen LogP contribution in [0.4, 0.5) is 0 Å². The number of halogens is 1. The summed E-state index contributed by atoms with van der Waals surface area (Å²) < 4.78 is 17.0. The Morgan fingerprint density at radius 3 is 2.00 bits per heavy atom. The number of fused-ring (bicyclic) bond motifs is 1. The highest BCUT2D eigenvalue weighted by atomic mass is 35.5. The van der Waals surface area contributed by atoms with Crippen LogP contribution < -0.4 is 9.47 Å². The van der Waals surface area contributed by atoms with E-state index < -0.39 is 5.97 Å². The maximum absolute atomic E-state index is 5.87. The van der Waals surface area contributed by atoms with Gasteiger partial charge in [0.2, 0.25) is 0 Å². The fourth-order valence-electron chi connectivity index (χ4n) is 1.90. The molecule has 2 aromatic rings. The van der Waals surface area contributed by atoms with Crippen molar-refractivity contribution in [2.24, 2.45) is 0 Å². The third kappa shape index (κ3) is 1.72. The predicted molar refractivity (Wildman–Crippen MR) is 67.8 cm³/mol. The van der Waals surface area contributed by atoms with E-state index in [0.29, 0.717) is 16.5 Å². The van der Waals surface area contributed by atoms with Crippen LogP contribution in [0, 0.1) is 0 Å². The largest absolute Gasteiger partial charge is 0.422 e. The summed E-state index contributed by atoms with van der Waals surface area (Å²) in [4.78, 5) is 0. The van der Waals surface area contributed by atoms with Crippen LogP contribution in [0.5, 0.6) is 11.5 Å². The van der Waals surface area contributed by atoms with Gasteiger partial charge < -0.3 is 14.2 Å². The Morgan fingerprint density at radius 1 is 0.944 bits per heavy atom. The van der Waals surface area contributed by atoms with Crippen molar-refractivity contribution in [1.82, 2.24) is 0 Å². The molecule has 0 radical (unpaired) electrons. The number of ether oxygens (including phenoxy) is 3. The van der Waals surface area contributed by atoms with Crippen LogP contribution in [-0.4, -0.2) is 7.11 Å². The molecule has 0 fully saturated rings. The molecule has 3 rings (SSSR count). The highest BCUT2D eigenvalue weighted by Crippen LogP contribution is 2.44. The van der Waals surface area contributed by atoms with E-state index in [4.69, 9.17) is 25.8 Å². The molecule has 4 heteroatoms. The van der Waals surface area contributed by atoms with Gasteiger partial charge in [-0.15, -0.1) is 0 Å². The summed E-state index contributed by atoms with van der Waals surface area (Å²) in [5.74, 6) is 0.0949. The number of para-hydroxylation sites is 2. The van der Waals surface area contributed by atoms with Crippen molar-refractivity contribution in [1.29, 1.82) is 0 Å². The molecule has 0 bridgehead atoms. The van der Waals surface area contributed by atoms with Gasteiger partial charge >= 0.3 is 5.97 Å². The molecule has 0 unspecified atom stereocenters. The highest BCUT2D eigenvalue weighted by Gasteiger charge is 2.44. The number of rotatable bonds is 2. The molecular weight excluding hydrogens is 252 g/mol. The first-order valence-electron chi connectivity index (χ1n) is 5.52. The Morgan fingerprint density at radius 2 is 1.50 bits per heavy atom. The van der Waals surface area contributed by atoms with Gasteiger partial charge in [-0.05, 0) is 36.4 Å². The molecule has 0 aliphatic carbocycles. The first-order valence-corrected chi connectivity index (χ1v) is 5.89. The average Bonchev–Trinajstić information content (AvgIpc) is 2.79. The Kier molecular flexibility index (Phi) is 2.65. The van der Waals surface area contributed by atoms with Crippen LogP contribution in [0.15, 0.2) is 48.5 Å². The Hall–Kier alpha value is -1.71. The van der Waals surface area contributed by atoms with Crippen molar-refractivity contribution in [3.05, 3.63) is 59.1 Å². The molecule has 3 nitrogen and oxygen atoms in total. The zero-order valence-corrected chi connectivity index (χ0v) is 10.5. The summed E-state index contributed by atoms with van der Waals surface area (Å²) in [6.45, 7) is 0. The van der Waals surface area contributed by atoms with Crippen LogP contribution in [-0.2, 0) is 10.7 Å². The number of hydrogen-bond donors (Lipinski definition) is 0. The van der Waals surface area contributed by atoms with E-state index in [-0.39, 0.29) is 0 Å². The second-order valence-electron chi connectivity index (χ2n) is 3.92. The van der Waals surface area contributed by atoms with Gasteiger partial charge in [-0.1, -0.05) is 23.7 Å². The van der Waals surface area contributed by atoms with Gasteiger partial charge in [0.05, 0.1) is 5.56 Å². The molecule has 0 saturated heterocycles. The topological polar surface area (TPSA) is 27.7 Å². The number of benzene rings is 2. The molecule has 92 valence electrons. The fraction of sp³-hybridized carbons (Fsp3) is 0.143. The van der Waals surface area contributed by atoms with E-state index in [1.54, 1.807) is 19.2 Å². The highest BCUT2D eigenvalue weighted by molar-refractivity contribution is 6.30. The molecular formula is C14H11ClO3. The lowest BCUT2D eigenvalue weighted by Crippen LogP contribution is -2.37. The molecule has 0 amide bonds. The number of methoxy groups -OCH3 is 1. The maximum Gasteiger partial charge on any atom is 0.401 e. The Balaban J connectivity index is 2.02. The van der Waals surface area contributed by atoms with Gasteiger partial charge in [0.25, 0.3) is 0 Å². The molecule has 0 spiro atoms. The van der Waals surface area contributed by atoms with Gasteiger partial charge in [0.1, 0.15) is 0 Å². The molecule has 18 heavy (non-hydrogen) atoms. The first-order chi connectivity index (χ1) is 8.73. The number of hydrogen-bond acceptors (Lipinski definition) is 3. The molecule has 0 atom stereocenters. The first kappa shape index (κ1) is 11.4. The van der Waals surface area contributed by atoms with Crippen molar-refractivity contribution < 1.29 is 14.2 Å². The summed E-state index contributed by atoms with van der Waals surface area (Å²) in [5.41, 5.74) is 0.755. The smallest absolute Gasteiger partial charge is 0.401 e. The van der Waals surface area contributed by atoms with Crippen molar-refractivity contribution >= 4 is 11.6 Å². The zero-order chi connectivity index (χ0) is 12.6. The molecule has 2 aromatic carbocycles. The van der Waals surface area contributed by atoms with Crippen LogP contribution in [0.1, 0.15) is 5.56 Å². The van der Waals surface area contributed by atoms with Crippen LogP contribution in [0.3, 0.4) is 0 Å². The minimum absolute atomic E-state index is 0.653. The minimum atomic E-state index is -1.23. The average molecular weight is 263 g/mol. The van der Waals surface area contributed by atoms with Crippen molar-refractivity contribution in [3.8, 4) is 11.5 Å². The van der Waals surface area contributed by atoms with E-state index >= 15 is 0 Å². The standard InChI is InChI=1S/C14H11ClO3/c1-16-14(10-6-8-11(15)9-7-10)17-12-4-2-3-5-13(12)18-14/h2-9H,1H3. The van der Waals surface area contributed by atoms with E-state index in [2.05, 4.69) is 0 Å². The van der Waals surface area contributed by atoms with Crippen molar-refractivity contribution in [2.45, 2.75) is 5.97 Å². The molecule has 1 aliphatic heterocycles. The Bertz CT molecular complexity index is 541. The molecule has 0 aromatic heterocycles. The third-order valence-electron chi connectivity index (χ3n) is 2.80. The van der Waals surface area contributed by atoms with Gasteiger partial charge in [0, 0.05) is 12.1 Å². The van der Waals surface area contributed by atoms with Crippen LogP contribution in [0.25, 0.3) is 0 Å². The van der Waals surface area contributed by atoms with Crippen LogP contribution in [0.2, 0.25) is 5.02 Å². The van der Waals surface area contributed by atoms with Crippen LogP contribution >= 0.6 is 11.6 Å². The lowest BCUT2D eigenvalue weighted by atomic mass is 10.2.